The zero-order chi connectivity index (χ0) is 19.2. The van der Waals surface area contributed by atoms with Gasteiger partial charge >= 0.3 is 0 Å². The number of nitro groups is 1. The summed E-state index contributed by atoms with van der Waals surface area (Å²) in [5, 5.41) is 25.0. The molecule has 0 unspecified atom stereocenters. The van der Waals surface area contributed by atoms with Crippen molar-refractivity contribution in [2.45, 2.75) is 13.5 Å². The molecule has 0 aliphatic rings. The molecule has 0 bridgehead atoms. The van der Waals surface area contributed by atoms with Gasteiger partial charge in [0, 0.05) is 17.7 Å². The molecule has 3 rings (SSSR count). The molecule has 138 valence electrons. The fraction of sp³-hybridized carbons (Fsp3) is 0.176. The summed E-state index contributed by atoms with van der Waals surface area (Å²) in [6, 6.07) is 12.7. The van der Waals surface area contributed by atoms with Gasteiger partial charge in [-0.15, -0.1) is 5.10 Å². The van der Waals surface area contributed by atoms with Crippen molar-refractivity contribution >= 4 is 11.6 Å². The highest BCUT2D eigenvalue weighted by Crippen LogP contribution is 2.16. The summed E-state index contributed by atoms with van der Waals surface area (Å²) in [6.07, 6.45) is 0. The number of amides is 1. The molecule has 2 aromatic carbocycles. The average Bonchev–Trinajstić information content (AvgIpc) is 3.15. The predicted molar refractivity (Wildman–Crippen MR) is 94.6 cm³/mol. The minimum absolute atomic E-state index is 0.0573. The van der Waals surface area contributed by atoms with Crippen LogP contribution in [0.15, 0.2) is 48.5 Å². The van der Waals surface area contributed by atoms with Gasteiger partial charge in [0.2, 0.25) is 0 Å². The van der Waals surface area contributed by atoms with Crippen LogP contribution in [0.25, 0.3) is 5.69 Å². The minimum atomic E-state index is -0.552. The molecule has 10 nitrogen and oxygen atoms in total. The molecular weight excluding hydrogens is 352 g/mol. The van der Waals surface area contributed by atoms with E-state index in [2.05, 4.69) is 20.8 Å². The van der Waals surface area contributed by atoms with Crippen molar-refractivity contribution in [3.63, 3.8) is 0 Å². The highest BCUT2D eigenvalue weighted by atomic mass is 16.6. The summed E-state index contributed by atoms with van der Waals surface area (Å²) in [4.78, 5) is 22.5. The highest BCUT2D eigenvalue weighted by molar-refractivity contribution is 5.94. The van der Waals surface area contributed by atoms with E-state index < -0.39 is 10.8 Å². The van der Waals surface area contributed by atoms with E-state index in [4.69, 9.17) is 4.74 Å². The second-order valence-electron chi connectivity index (χ2n) is 5.42. The molecule has 0 aliphatic heterocycles. The maximum Gasteiger partial charge on any atom is 0.270 e. The summed E-state index contributed by atoms with van der Waals surface area (Å²) < 4.78 is 6.89. The van der Waals surface area contributed by atoms with Gasteiger partial charge in [0.15, 0.2) is 5.82 Å². The standard InChI is InChI=1S/C17H16N6O4/c1-2-27-15-8-6-13(7-9-15)22-16(19-20-21-22)11-18-17(24)12-4-3-5-14(10-12)23(25)26/h3-10H,2,11H2,1H3,(H,18,24). The molecule has 1 amide bonds. The molecule has 0 aliphatic carbocycles. The van der Waals surface area contributed by atoms with Crippen LogP contribution in [0.3, 0.4) is 0 Å². The first-order chi connectivity index (χ1) is 13.1. The fourth-order valence-corrected chi connectivity index (χ4v) is 2.39. The maximum atomic E-state index is 12.3. The molecule has 1 heterocycles. The van der Waals surface area contributed by atoms with Gasteiger partial charge in [-0.1, -0.05) is 6.07 Å². The van der Waals surface area contributed by atoms with Crippen LogP contribution in [-0.4, -0.2) is 37.6 Å². The molecular formula is C17H16N6O4. The Morgan fingerprint density at radius 1 is 1.26 bits per heavy atom. The van der Waals surface area contributed by atoms with E-state index in [9.17, 15) is 14.9 Å². The Kier molecular flexibility index (Phi) is 5.36. The number of ether oxygens (including phenoxy) is 1. The smallest absolute Gasteiger partial charge is 0.270 e. The lowest BCUT2D eigenvalue weighted by atomic mass is 10.2. The Bertz CT molecular complexity index is 954. The van der Waals surface area contributed by atoms with Crippen LogP contribution in [0, 0.1) is 10.1 Å². The first-order valence-corrected chi connectivity index (χ1v) is 8.11. The second-order valence-corrected chi connectivity index (χ2v) is 5.42. The van der Waals surface area contributed by atoms with Gasteiger partial charge in [-0.05, 0) is 47.7 Å². The van der Waals surface area contributed by atoms with Gasteiger partial charge in [0.25, 0.3) is 11.6 Å². The summed E-state index contributed by atoms with van der Waals surface area (Å²) >= 11 is 0. The summed E-state index contributed by atoms with van der Waals surface area (Å²) in [5.41, 5.74) is 0.745. The Morgan fingerprint density at radius 2 is 2.04 bits per heavy atom. The molecule has 3 aromatic rings. The number of carbonyl (C=O) groups excluding carboxylic acids is 1. The van der Waals surface area contributed by atoms with Crippen molar-refractivity contribution < 1.29 is 14.5 Å². The van der Waals surface area contributed by atoms with Crippen LogP contribution in [0.5, 0.6) is 5.75 Å². The van der Waals surface area contributed by atoms with Crippen molar-refractivity contribution in [3.05, 3.63) is 70.0 Å². The number of tetrazole rings is 1. The van der Waals surface area contributed by atoms with Crippen molar-refractivity contribution in [1.82, 2.24) is 25.5 Å². The van der Waals surface area contributed by atoms with Crippen molar-refractivity contribution in [1.29, 1.82) is 0 Å². The van der Waals surface area contributed by atoms with Gasteiger partial charge < -0.3 is 10.1 Å². The van der Waals surface area contributed by atoms with Gasteiger partial charge in [0.05, 0.1) is 23.8 Å². The van der Waals surface area contributed by atoms with Crippen LogP contribution in [0.2, 0.25) is 0 Å². The van der Waals surface area contributed by atoms with E-state index in [1.807, 2.05) is 6.92 Å². The molecule has 27 heavy (non-hydrogen) atoms. The second kappa shape index (κ2) is 8.04. The van der Waals surface area contributed by atoms with Crippen molar-refractivity contribution in [3.8, 4) is 11.4 Å². The largest absolute Gasteiger partial charge is 0.494 e. The molecule has 10 heteroatoms. The molecule has 0 radical (unpaired) electrons. The normalized spacial score (nSPS) is 10.4. The monoisotopic (exact) mass is 368 g/mol. The lowest BCUT2D eigenvalue weighted by Gasteiger charge is -2.08. The Morgan fingerprint density at radius 3 is 2.74 bits per heavy atom. The lowest BCUT2D eigenvalue weighted by Crippen LogP contribution is -2.24. The zero-order valence-electron chi connectivity index (χ0n) is 14.4. The van der Waals surface area contributed by atoms with Crippen molar-refractivity contribution in [2.24, 2.45) is 0 Å². The molecule has 1 N–H and O–H groups in total. The molecule has 1 aromatic heterocycles. The van der Waals surface area contributed by atoms with Crippen LogP contribution >= 0.6 is 0 Å². The topological polar surface area (TPSA) is 125 Å². The van der Waals surface area contributed by atoms with Crippen molar-refractivity contribution in [2.75, 3.05) is 6.61 Å². The number of benzene rings is 2. The number of non-ortho nitro benzene ring substituents is 1. The number of hydrogen-bond donors (Lipinski definition) is 1. The highest BCUT2D eigenvalue weighted by Gasteiger charge is 2.14. The summed E-state index contributed by atoms with van der Waals surface area (Å²) in [5.74, 6) is 0.688. The number of nitrogens with zero attached hydrogens (tertiary/aromatic N) is 5. The first kappa shape index (κ1) is 18.0. The Balaban J connectivity index is 1.70. The Hall–Kier alpha value is -3.82. The predicted octanol–water partition coefficient (Wildman–Crippen LogP) is 1.90. The fourth-order valence-electron chi connectivity index (χ4n) is 2.39. The van der Waals surface area contributed by atoms with Gasteiger partial charge in [-0.2, -0.15) is 4.68 Å². The van der Waals surface area contributed by atoms with Crippen LogP contribution in [-0.2, 0) is 6.54 Å². The Labute approximate surface area is 153 Å². The first-order valence-electron chi connectivity index (χ1n) is 8.11. The van der Waals surface area contributed by atoms with Crippen LogP contribution in [0.1, 0.15) is 23.1 Å². The third kappa shape index (κ3) is 4.24. The van der Waals surface area contributed by atoms with E-state index >= 15 is 0 Å². The maximum absolute atomic E-state index is 12.3. The molecule has 0 saturated carbocycles. The molecule has 0 spiro atoms. The van der Waals surface area contributed by atoms with E-state index in [-0.39, 0.29) is 17.8 Å². The average molecular weight is 368 g/mol. The lowest BCUT2D eigenvalue weighted by molar-refractivity contribution is -0.384. The third-order valence-corrected chi connectivity index (χ3v) is 3.65. The number of hydrogen-bond acceptors (Lipinski definition) is 7. The number of carbonyl (C=O) groups is 1. The molecule has 0 fully saturated rings. The van der Waals surface area contributed by atoms with E-state index in [0.717, 1.165) is 5.75 Å². The number of aromatic nitrogens is 4. The number of nitrogens with one attached hydrogen (secondary N) is 1. The van der Waals surface area contributed by atoms with Crippen LogP contribution < -0.4 is 10.1 Å². The number of rotatable bonds is 7. The summed E-state index contributed by atoms with van der Waals surface area (Å²) in [7, 11) is 0. The SMILES string of the molecule is CCOc1ccc(-n2nnnc2CNC(=O)c2cccc([N+](=O)[O-])c2)cc1. The van der Waals surface area contributed by atoms with E-state index in [0.29, 0.717) is 18.1 Å². The van der Waals surface area contributed by atoms with E-state index in [1.165, 1.54) is 28.9 Å². The third-order valence-electron chi connectivity index (χ3n) is 3.65. The quantitative estimate of drug-likeness (QED) is 0.498. The number of nitro benzene ring substituents is 1. The minimum Gasteiger partial charge on any atom is -0.494 e. The van der Waals surface area contributed by atoms with Gasteiger partial charge in [-0.3, -0.25) is 14.9 Å². The van der Waals surface area contributed by atoms with Crippen LogP contribution in [0.4, 0.5) is 5.69 Å². The molecule has 0 atom stereocenters. The summed E-state index contributed by atoms with van der Waals surface area (Å²) in [6.45, 7) is 2.53. The van der Waals surface area contributed by atoms with Gasteiger partial charge in [0.1, 0.15) is 5.75 Å². The molecule has 0 saturated heterocycles. The zero-order valence-corrected chi connectivity index (χ0v) is 14.4. The van der Waals surface area contributed by atoms with E-state index in [1.54, 1.807) is 24.3 Å². The van der Waals surface area contributed by atoms with Gasteiger partial charge in [-0.25, -0.2) is 0 Å².